The van der Waals surface area contributed by atoms with Crippen LogP contribution in [-0.4, -0.2) is 49.8 Å². The van der Waals surface area contributed by atoms with Crippen LogP contribution < -0.4 is 5.43 Å². The Morgan fingerprint density at radius 1 is 1.21 bits per heavy atom. The van der Waals surface area contributed by atoms with E-state index in [0.29, 0.717) is 24.8 Å². The van der Waals surface area contributed by atoms with E-state index in [0.717, 1.165) is 32.0 Å². The van der Waals surface area contributed by atoms with E-state index in [4.69, 9.17) is 0 Å². The van der Waals surface area contributed by atoms with Gasteiger partial charge in [0, 0.05) is 32.6 Å². The molecule has 2 aliphatic heterocycles. The molecule has 4 rings (SSSR count). The highest BCUT2D eigenvalue weighted by molar-refractivity contribution is 7.89. The molecular formula is C20H26FN3O3S. The van der Waals surface area contributed by atoms with Gasteiger partial charge in [-0.15, -0.1) is 0 Å². The second-order valence-corrected chi connectivity index (χ2v) is 9.94. The van der Waals surface area contributed by atoms with Crippen molar-refractivity contribution >= 4 is 15.9 Å². The molecule has 2 saturated heterocycles. The number of nitrogens with zero attached hydrogens (tertiary/aromatic N) is 2. The van der Waals surface area contributed by atoms with E-state index in [1.165, 1.54) is 22.5 Å². The van der Waals surface area contributed by atoms with E-state index >= 15 is 0 Å². The first-order valence-corrected chi connectivity index (χ1v) is 11.3. The van der Waals surface area contributed by atoms with Crippen molar-refractivity contribution in [3.63, 3.8) is 0 Å². The number of carbonyl (C=O) groups is 1. The summed E-state index contributed by atoms with van der Waals surface area (Å²) >= 11 is 0. The van der Waals surface area contributed by atoms with Gasteiger partial charge in [0.25, 0.3) is 0 Å². The molecule has 1 amide bonds. The summed E-state index contributed by atoms with van der Waals surface area (Å²) in [6, 6.07) is 5.44. The van der Waals surface area contributed by atoms with E-state index in [1.807, 2.05) is 5.01 Å². The number of amides is 1. The minimum atomic E-state index is -3.89. The van der Waals surface area contributed by atoms with Crippen molar-refractivity contribution in [1.29, 1.82) is 0 Å². The number of carbonyl (C=O) groups excluding carboxylic acids is 1. The number of hydrazine groups is 1. The first-order chi connectivity index (χ1) is 13.4. The van der Waals surface area contributed by atoms with Crippen LogP contribution in [0.15, 0.2) is 41.3 Å². The van der Waals surface area contributed by atoms with Gasteiger partial charge in [-0.05, 0) is 49.1 Å². The van der Waals surface area contributed by atoms with Crippen LogP contribution in [0.2, 0.25) is 0 Å². The molecule has 8 heteroatoms. The number of hydrogen-bond acceptors (Lipinski definition) is 4. The van der Waals surface area contributed by atoms with Gasteiger partial charge >= 0.3 is 0 Å². The van der Waals surface area contributed by atoms with E-state index in [2.05, 4.69) is 17.6 Å². The van der Waals surface area contributed by atoms with Crippen molar-refractivity contribution in [3.8, 4) is 0 Å². The molecule has 2 fully saturated rings. The molecule has 28 heavy (non-hydrogen) atoms. The normalized spacial score (nSPS) is 28.4. The lowest BCUT2D eigenvalue weighted by Gasteiger charge is -2.32. The SMILES string of the molecule is O=C(CC1CCCN(S(=O)(=O)c2ccccc2F)C1)NN1CC2C=CCC2C1. The first-order valence-electron chi connectivity index (χ1n) is 9.89. The minimum absolute atomic E-state index is 0.0581. The van der Waals surface area contributed by atoms with E-state index < -0.39 is 15.8 Å². The van der Waals surface area contributed by atoms with Crippen molar-refractivity contribution in [2.45, 2.75) is 30.6 Å². The molecule has 152 valence electrons. The fraction of sp³-hybridized carbons (Fsp3) is 0.550. The second-order valence-electron chi connectivity index (χ2n) is 8.03. The summed E-state index contributed by atoms with van der Waals surface area (Å²) in [5, 5.41) is 1.98. The molecule has 0 saturated carbocycles. The molecule has 0 bridgehead atoms. The van der Waals surface area contributed by atoms with Gasteiger partial charge in [-0.25, -0.2) is 17.8 Å². The average Bonchev–Trinajstić information content (AvgIpc) is 3.23. The molecule has 1 aromatic carbocycles. The summed E-state index contributed by atoms with van der Waals surface area (Å²) in [5.41, 5.74) is 2.98. The Labute approximate surface area is 165 Å². The summed E-state index contributed by atoms with van der Waals surface area (Å²) in [6.45, 7) is 2.31. The Balaban J connectivity index is 1.34. The molecule has 3 aliphatic rings. The van der Waals surface area contributed by atoms with Gasteiger partial charge in [-0.3, -0.25) is 10.2 Å². The topological polar surface area (TPSA) is 69.7 Å². The van der Waals surface area contributed by atoms with Gasteiger partial charge in [-0.1, -0.05) is 24.3 Å². The Morgan fingerprint density at radius 2 is 2.04 bits per heavy atom. The van der Waals surface area contributed by atoms with E-state index in [1.54, 1.807) is 0 Å². The highest BCUT2D eigenvalue weighted by Crippen LogP contribution is 2.32. The van der Waals surface area contributed by atoms with Gasteiger partial charge < -0.3 is 0 Å². The van der Waals surface area contributed by atoms with Crippen molar-refractivity contribution in [2.24, 2.45) is 17.8 Å². The summed E-state index contributed by atoms with van der Waals surface area (Å²) in [6.07, 6.45) is 7.26. The third-order valence-corrected chi connectivity index (χ3v) is 7.91. The number of allylic oxidation sites excluding steroid dienone is 1. The Bertz CT molecular complexity index is 873. The smallest absolute Gasteiger partial charge is 0.245 e. The van der Waals surface area contributed by atoms with Crippen LogP contribution >= 0.6 is 0 Å². The number of hydrogen-bond donors (Lipinski definition) is 1. The van der Waals surface area contributed by atoms with Gasteiger partial charge in [-0.2, -0.15) is 4.31 Å². The lowest BCUT2D eigenvalue weighted by atomic mass is 9.96. The van der Waals surface area contributed by atoms with Gasteiger partial charge in [0.05, 0.1) is 0 Å². The standard InChI is InChI=1S/C20H26FN3O3S/c21-18-8-1-2-9-19(18)28(26,27)24-10-4-5-15(12-24)11-20(25)22-23-13-16-6-3-7-17(16)14-23/h1-3,6,8-9,15-17H,4-5,7,10-14H2,(H,22,25). The molecule has 1 aliphatic carbocycles. The summed E-state index contributed by atoms with van der Waals surface area (Å²) in [4.78, 5) is 12.2. The van der Waals surface area contributed by atoms with Crippen LogP contribution in [0.3, 0.4) is 0 Å². The van der Waals surface area contributed by atoms with Crippen LogP contribution in [0.1, 0.15) is 25.7 Å². The van der Waals surface area contributed by atoms with E-state index in [9.17, 15) is 17.6 Å². The zero-order chi connectivity index (χ0) is 19.7. The molecular weight excluding hydrogens is 381 g/mol. The minimum Gasteiger partial charge on any atom is -0.289 e. The Kier molecular flexibility index (Phi) is 5.53. The third kappa shape index (κ3) is 3.99. The zero-order valence-corrected chi connectivity index (χ0v) is 16.6. The first kappa shape index (κ1) is 19.5. The largest absolute Gasteiger partial charge is 0.289 e. The van der Waals surface area contributed by atoms with Crippen LogP contribution in [0.25, 0.3) is 0 Å². The fourth-order valence-corrected chi connectivity index (χ4v) is 6.19. The number of rotatable bonds is 5. The van der Waals surface area contributed by atoms with E-state index in [-0.39, 0.29) is 29.7 Å². The lowest BCUT2D eigenvalue weighted by molar-refractivity contribution is -0.126. The number of halogens is 1. The average molecular weight is 408 g/mol. The highest BCUT2D eigenvalue weighted by Gasteiger charge is 2.35. The molecule has 0 spiro atoms. The number of nitrogens with one attached hydrogen (secondary N) is 1. The second kappa shape index (κ2) is 7.93. The number of fused-ring (bicyclic) bond motifs is 1. The van der Waals surface area contributed by atoms with Crippen LogP contribution in [0.5, 0.6) is 0 Å². The molecule has 0 radical (unpaired) electrons. The van der Waals surface area contributed by atoms with Gasteiger partial charge in [0.2, 0.25) is 15.9 Å². The quantitative estimate of drug-likeness (QED) is 0.760. The molecule has 3 atom stereocenters. The zero-order valence-electron chi connectivity index (χ0n) is 15.8. The number of piperidine rings is 1. The fourth-order valence-electron chi connectivity index (χ4n) is 4.57. The predicted molar refractivity (Wildman–Crippen MR) is 103 cm³/mol. The van der Waals surface area contributed by atoms with Gasteiger partial charge in [0.15, 0.2) is 0 Å². The van der Waals surface area contributed by atoms with Crippen molar-refractivity contribution < 1.29 is 17.6 Å². The molecule has 6 nitrogen and oxygen atoms in total. The maximum atomic E-state index is 14.0. The molecule has 0 aromatic heterocycles. The molecule has 1 N–H and O–H groups in total. The Hall–Kier alpha value is -1.77. The maximum absolute atomic E-state index is 14.0. The highest BCUT2D eigenvalue weighted by atomic mass is 32.2. The molecule has 1 aromatic rings. The Morgan fingerprint density at radius 3 is 2.82 bits per heavy atom. The van der Waals surface area contributed by atoms with Crippen molar-refractivity contribution in [3.05, 3.63) is 42.2 Å². The lowest BCUT2D eigenvalue weighted by Crippen LogP contribution is -2.44. The monoisotopic (exact) mass is 407 g/mol. The maximum Gasteiger partial charge on any atom is 0.245 e. The summed E-state index contributed by atoms with van der Waals surface area (Å²) in [5.74, 6) is 0.250. The van der Waals surface area contributed by atoms with Crippen molar-refractivity contribution in [2.75, 3.05) is 26.2 Å². The van der Waals surface area contributed by atoms with Gasteiger partial charge in [0.1, 0.15) is 10.7 Å². The number of sulfonamides is 1. The third-order valence-electron chi connectivity index (χ3n) is 6.01. The van der Waals surface area contributed by atoms with Crippen LogP contribution in [0, 0.1) is 23.6 Å². The predicted octanol–water partition coefficient (Wildman–Crippen LogP) is 2.16. The summed E-state index contributed by atoms with van der Waals surface area (Å²) < 4.78 is 40.9. The molecule has 2 heterocycles. The van der Waals surface area contributed by atoms with Crippen LogP contribution in [0.4, 0.5) is 4.39 Å². The van der Waals surface area contributed by atoms with Crippen molar-refractivity contribution in [1.82, 2.24) is 14.7 Å². The van der Waals surface area contributed by atoms with Crippen LogP contribution in [-0.2, 0) is 14.8 Å². The molecule has 3 unspecified atom stereocenters. The summed E-state index contributed by atoms with van der Waals surface area (Å²) in [7, 11) is -3.89. The number of benzene rings is 1.